The first-order valence-electron chi connectivity index (χ1n) is 23.3. The van der Waals surface area contributed by atoms with E-state index in [2.05, 4.69) is 48.4 Å². The van der Waals surface area contributed by atoms with Gasteiger partial charge in [0.25, 0.3) is 14.1 Å². The largest absolute Gasteiger partial charge is 0.497 e. The van der Waals surface area contributed by atoms with Crippen LogP contribution < -0.4 is 24.7 Å². The van der Waals surface area contributed by atoms with E-state index >= 15 is 0 Å². The quantitative estimate of drug-likeness (QED) is 0.0223. The number of hydrogen-bond acceptors (Lipinski definition) is 14. The number of methoxy groups -OCH3 is 3. The molecule has 6 aromatic rings. The molecule has 1 unspecified atom stereocenters. The molecule has 1 aliphatic rings. The smallest absolute Gasteiger partial charge is 0.280 e. The molecule has 3 heterocycles. The van der Waals surface area contributed by atoms with Crippen LogP contribution in [-0.2, 0) is 28.9 Å². The van der Waals surface area contributed by atoms with Crippen molar-refractivity contribution >= 4 is 49.5 Å². The lowest BCUT2D eigenvalue weighted by molar-refractivity contribution is -0.116. The van der Waals surface area contributed by atoms with Crippen molar-refractivity contribution in [1.29, 1.82) is 5.26 Å². The third kappa shape index (κ3) is 11.6. The lowest BCUT2D eigenvalue weighted by atomic mass is 9.80. The number of anilines is 2. The molecule has 1 fully saturated rings. The molecule has 0 aliphatic carbocycles. The Bertz CT molecular complexity index is 2780. The SMILES string of the molecule is COc1ccc(N(C(C)=O)c2nc3c(=O)[nH]c(N=CN(C)C)nc3n2[C@H]2C[C@H](OP(OCCC#N)N(C(C)C)C(C)C)[C@@H](COC(c3ccccc3)(c3ccc(OC)cc3)c3ccc(OC)cc3)O2)cc1. The van der Waals surface area contributed by atoms with E-state index in [1.807, 2.05) is 78.9 Å². The highest BCUT2D eigenvalue weighted by atomic mass is 31.2. The third-order valence-electron chi connectivity index (χ3n) is 11.8. The summed E-state index contributed by atoms with van der Waals surface area (Å²) in [6.45, 7) is 9.76. The second-order valence-electron chi connectivity index (χ2n) is 17.5. The number of carbonyl (C=O) groups is 1. The van der Waals surface area contributed by atoms with Gasteiger partial charge in [0.05, 0.1) is 65.2 Å². The Morgan fingerprint density at radius 3 is 1.97 bits per heavy atom. The van der Waals surface area contributed by atoms with Gasteiger partial charge in [-0.25, -0.2) is 14.6 Å². The molecule has 1 amide bonds. The van der Waals surface area contributed by atoms with Crippen molar-refractivity contribution in [2.75, 3.05) is 53.5 Å². The molecule has 0 bridgehead atoms. The molecule has 71 heavy (non-hydrogen) atoms. The second-order valence-corrected chi connectivity index (χ2v) is 18.9. The Morgan fingerprint density at radius 1 is 0.887 bits per heavy atom. The highest BCUT2D eigenvalue weighted by molar-refractivity contribution is 7.44. The normalized spacial score (nSPS) is 16.5. The highest BCUT2D eigenvalue weighted by Gasteiger charge is 2.46. The monoisotopic (exact) mass is 987 g/mol. The van der Waals surface area contributed by atoms with Gasteiger partial charge >= 0.3 is 0 Å². The van der Waals surface area contributed by atoms with Crippen LogP contribution in [0, 0.1) is 11.3 Å². The number of benzene rings is 4. The van der Waals surface area contributed by atoms with Gasteiger partial charge in [-0.1, -0.05) is 54.6 Å². The summed E-state index contributed by atoms with van der Waals surface area (Å²) >= 11 is 0. The minimum absolute atomic E-state index is 0.0122. The number of nitrogens with zero attached hydrogens (tertiary/aromatic N) is 8. The molecule has 4 aromatic carbocycles. The average molecular weight is 988 g/mol. The van der Waals surface area contributed by atoms with Gasteiger partial charge < -0.3 is 37.6 Å². The predicted octanol–water partition coefficient (Wildman–Crippen LogP) is 9.01. The Hall–Kier alpha value is -6.71. The number of amides is 1. The van der Waals surface area contributed by atoms with Crippen LogP contribution in [0.1, 0.15) is 70.4 Å². The van der Waals surface area contributed by atoms with Gasteiger partial charge in [-0.05, 0) is 92.9 Å². The number of carbonyl (C=O) groups excluding carboxylic acids is 1. The molecule has 7 rings (SSSR count). The van der Waals surface area contributed by atoms with E-state index in [0.29, 0.717) is 22.9 Å². The average Bonchev–Trinajstić information content (AvgIpc) is 3.94. The number of aliphatic imine (C=N–C) groups is 1. The number of nitriles is 1. The maximum absolute atomic E-state index is 14.0. The Balaban J connectivity index is 1.43. The van der Waals surface area contributed by atoms with Crippen molar-refractivity contribution in [2.45, 2.75) is 83.6 Å². The summed E-state index contributed by atoms with van der Waals surface area (Å²) < 4.78 is 48.8. The van der Waals surface area contributed by atoms with E-state index in [0.717, 1.165) is 16.7 Å². The molecule has 0 saturated carbocycles. The van der Waals surface area contributed by atoms with Gasteiger partial charge in [-0.3, -0.25) is 24.0 Å². The number of hydrogen-bond donors (Lipinski definition) is 1. The van der Waals surface area contributed by atoms with Crippen LogP contribution in [0.15, 0.2) is 113 Å². The summed E-state index contributed by atoms with van der Waals surface area (Å²) in [5.74, 6) is 1.61. The molecular weight excluding hydrogens is 926 g/mol. The zero-order valence-electron chi connectivity index (χ0n) is 41.8. The van der Waals surface area contributed by atoms with E-state index < -0.39 is 44.0 Å². The van der Waals surface area contributed by atoms with Gasteiger partial charge in [0.15, 0.2) is 11.2 Å². The maximum atomic E-state index is 14.0. The van der Waals surface area contributed by atoms with E-state index in [-0.39, 0.29) is 61.2 Å². The summed E-state index contributed by atoms with van der Waals surface area (Å²) in [5, 5.41) is 9.58. The van der Waals surface area contributed by atoms with Crippen LogP contribution in [0.3, 0.4) is 0 Å². The molecule has 19 heteroatoms. The first-order valence-corrected chi connectivity index (χ1v) is 24.4. The molecule has 0 radical (unpaired) electrons. The summed E-state index contributed by atoms with van der Waals surface area (Å²) in [6.07, 6.45) is -0.734. The topological polar surface area (TPSA) is 191 Å². The number of rotatable bonds is 22. The summed E-state index contributed by atoms with van der Waals surface area (Å²) in [5.41, 5.74) is 1.18. The van der Waals surface area contributed by atoms with E-state index in [1.54, 1.807) is 69.2 Å². The first-order chi connectivity index (χ1) is 34.2. The van der Waals surface area contributed by atoms with Crippen molar-refractivity contribution in [3.8, 4) is 23.3 Å². The zero-order chi connectivity index (χ0) is 50.8. The number of nitrogens with one attached hydrogen (secondary N) is 1. The molecule has 374 valence electrons. The fraction of sp³-hybridized carbons (Fsp3) is 0.385. The molecular formula is C52H62N9O9P. The van der Waals surface area contributed by atoms with Crippen molar-refractivity contribution < 1.29 is 37.5 Å². The number of imidazole rings is 1. The van der Waals surface area contributed by atoms with E-state index in [1.165, 1.54) is 18.2 Å². The van der Waals surface area contributed by atoms with Gasteiger partial charge in [0.1, 0.15) is 35.2 Å². The van der Waals surface area contributed by atoms with Crippen LogP contribution in [0.5, 0.6) is 17.2 Å². The van der Waals surface area contributed by atoms with Crippen molar-refractivity contribution in [1.82, 2.24) is 29.1 Å². The fourth-order valence-corrected chi connectivity index (χ4v) is 10.4. The molecule has 2 aromatic heterocycles. The van der Waals surface area contributed by atoms with E-state index in [9.17, 15) is 14.9 Å². The number of H-pyrrole nitrogens is 1. The van der Waals surface area contributed by atoms with Gasteiger partial charge in [0.2, 0.25) is 17.8 Å². The number of aromatic amines is 1. The molecule has 1 saturated heterocycles. The second kappa shape index (κ2) is 23.5. The lowest BCUT2D eigenvalue weighted by Gasteiger charge is -2.39. The van der Waals surface area contributed by atoms with Crippen LogP contribution in [0.4, 0.5) is 17.6 Å². The number of aromatic nitrogens is 4. The van der Waals surface area contributed by atoms with Crippen LogP contribution in [0.25, 0.3) is 11.2 Å². The maximum Gasteiger partial charge on any atom is 0.280 e. The molecule has 4 atom stereocenters. The molecule has 1 aliphatic heterocycles. The fourth-order valence-electron chi connectivity index (χ4n) is 8.60. The van der Waals surface area contributed by atoms with Gasteiger partial charge in [0, 0.05) is 39.5 Å². The third-order valence-corrected chi connectivity index (χ3v) is 13.9. The molecule has 1 N–H and O–H groups in total. The summed E-state index contributed by atoms with van der Waals surface area (Å²) in [7, 11) is 6.58. The van der Waals surface area contributed by atoms with Crippen LogP contribution in [-0.4, -0.2) is 114 Å². The molecule has 18 nitrogen and oxygen atoms in total. The minimum Gasteiger partial charge on any atom is -0.497 e. The van der Waals surface area contributed by atoms with Crippen molar-refractivity contribution in [3.05, 3.63) is 130 Å². The van der Waals surface area contributed by atoms with Crippen LogP contribution in [0.2, 0.25) is 0 Å². The Kier molecular flexibility index (Phi) is 17.2. The Morgan fingerprint density at radius 2 is 1.45 bits per heavy atom. The van der Waals surface area contributed by atoms with Crippen molar-refractivity contribution in [2.24, 2.45) is 4.99 Å². The summed E-state index contributed by atoms with van der Waals surface area (Å²) in [4.78, 5) is 47.9. The van der Waals surface area contributed by atoms with E-state index in [4.69, 9.17) is 42.7 Å². The van der Waals surface area contributed by atoms with Crippen LogP contribution >= 0.6 is 8.53 Å². The zero-order valence-corrected chi connectivity index (χ0v) is 42.7. The molecule has 0 spiro atoms. The number of ether oxygens (including phenoxy) is 5. The lowest BCUT2D eigenvalue weighted by Crippen LogP contribution is -2.39. The van der Waals surface area contributed by atoms with Crippen molar-refractivity contribution in [3.63, 3.8) is 0 Å². The standard InChI is InChI=1S/C52H62N9O9P/c1-34(2)61(35(3)4)71(68-30-14-29-53)70-44-31-46(60-48-47(49(63)57-50(56-48)54-33-58(6)7)55-51(60)59(36(5)62)40-21-27-43(66-10)28-22-40)69-45(44)32-67-52(37-15-12-11-13-16-37,38-17-23-41(64-8)24-18-38)39-19-25-42(65-9)26-20-39/h11-13,15-28,33-35,44-46H,14,30-32H2,1-10H3,(H,56,57,63)/t44-,45+,46+,71?/m0/s1. The number of fused-ring (bicyclic) bond motifs is 1. The highest BCUT2D eigenvalue weighted by Crippen LogP contribution is 2.51. The van der Waals surface area contributed by atoms with Gasteiger partial charge in [-0.15, -0.1) is 0 Å². The minimum atomic E-state index is -1.81. The van der Waals surface area contributed by atoms with Gasteiger partial charge in [-0.2, -0.15) is 10.2 Å². The predicted molar refractivity (Wildman–Crippen MR) is 273 cm³/mol. The Labute approximate surface area is 415 Å². The first kappa shape index (κ1) is 52.1. The summed E-state index contributed by atoms with van der Waals surface area (Å²) in [6, 6.07) is 34.5.